The Balaban J connectivity index is 2.19. The molecule has 0 aliphatic rings. The summed E-state index contributed by atoms with van der Waals surface area (Å²) in [7, 11) is 0. The molecule has 0 radical (unpaired) electrons. The van der Waals surface area contributed by atoms with Crippen LogP contribution in [0.25, 0.3) is 0 Å². The van der Waals surface area contributed by atoms with Crippen molar-refractivity contribution in [2.75, 3.05) is 0 Å². The summed E-state index contributed by atoms with van der Waals surface area (Å²) in [6.07, 6.45) is -0.630. The van der Waals surface area contributed by atoms with Gasteiger partial charge < -0.3 is 5.11 Å². The Morgan fingerprint density at radius 2 is 1.57 bits per heavy atom. The molecule has 1 unspecified atom stereocenters. The van der Waals surface area contributed by atoms with Gasteiger partial charge in [0.15, 0.2) is 11.6 Å². The quantitative estimate of drug-likeness (QED) is 0.904. The lowest BCUT2D eigenvalue weighted by molar-refractivity contribution is 0.0998. The topological polar surface area (TPSA) is 20.2 Å². The maximum Gasteiger partial charge on any atom is 0.159 e. The molecule has 0 aliphatic heterocycles. The molecule has 2 aromatic carbocycles. The second-order valence-corrected chi connectivity index (χ2v) is 5.70. The van der Waals surface area contributed by atoms with Gasteiger partial charge in [0.05, 0.1) is 6.10 Å². The normalized spacial score (nSPS) is 13.2. The van der Waals surface area contributed by atoms with E-state index < -0.39 is 23.2 Å². The van der Waals surface area contributed by atoms with E-state index in [1.165, 1.54) is 18.2 Å². The zero-order valence-electron chi connectivity index (χ0n) is 11.9. The first-order valence-corrected chi connectivity index (χ1v) is 6.69. The van der Waals surface area contributed by atoms with Crippen LogP contribution in [-0.4, -0.2) is 11.2 Å². The van der Waals surface area contributed by atoms with Crippen molar-refractivity contribution in [1.82, 2.24) is 0 Å². The summed E-state index contributed by atoms with van der Waals surface area (Å²) < 4.78 is 39.1. The number of hydrogen-bond donors (Lipinski definition) is 1. The van der Waals surface area contributed by atoms with E-state index in [0.717, 1.165) is 17.7 Å². The van der Waals surface area contributed by atoms with Gasteiger partial charge in [0, 0.05) is 5.41 Å². The second-order valence-electron chi connectivity index (χ2n) is 5.70. The monoisotopic (exact) mass is 294 g/mol. The highest BCUT2D eigenvalue weighted by Crippen LogP contribution is 2.29. The van der Waals surface area contributed by atoms with E-state index in [1.54, 1.807) is 12.1 Å². The van der Waals surface area contributed by atoms with Crippen LogP contribution in [-0.2, 0) is 11.8 Å². The van der Waals surface area contributed by atoms with Crippen LogP contribution in [0.4, 0.5) is 13.2 Å². The molecule has 0 aliphatic carbocycles. The summed E-state index contributed by atoms with van der Waals surface area (Å²) in [5, 5.41) is 10.4. The number of halogens is 3. The largest absolute Gasteiger partial charge is 0.392 e. The van der Waals surface area contributed by atoms with E-state index in [1.807, 2.05) is 13.8 Å². The lowest BCUT2D eigenvalue weighted by Crippen LogP contribution is -2.35. The third-order valence-electron chi connectivity index (χ3n) is 3.83. The molecule has 0 heterocycles. The van der Waals surface area contributed by atoms with Gasteiger partial charge in [-0.1, -0.05) is 32.0 Å². The Hall–Kier alpha value is -1.81. The van der Waals surface area contributed by atoms with Crippen molar-refractivity contribution < 1.29 is 18.3 Å². The molecule has 2 aromatic rings. The van der Waals surface area contributed by atoms with Gasteiger partial charge in [-0.15, -0.1) is 0 Å². The van der Waals surface area contributed by atoms with E-state index >= 15 is 0 Å². The highest BCUT2D eigenvalue weighted by Gasteiger charge is 2.30. The number of aliphatic hydroxyl groups is 1. The van der Waals surface area contributed by atoms with E-state index in [-0.39, 0.29) is 12.2 Å². The maximum absolute atomic E-state index is 13.2. The first-order valence-electron chi connectivity index (χ1n) is 6.69. The van der Waals surface area contributed by atoms with Crippen molar-refractivity contribution in [3.8, 4) is 0 Å². The predicted molar refractivity (Wildman–Crippen MR) is 75.5 cm³/mol. The van der Waals surface area contributed by atoms with Gasteiger partial charge in [-0.3, -0.25) is 0 Å². The number of rotatable bonds is 4. The number of benzene rings is 2. The zero-order chi connectivity index (χ0) is 15.6. The van der Waals surface area contributed by atoms with Gasteiger partial charge >= 0.3 is 0 Å². The minimum atomic E-state index is -0.931. The van der Waals surface area contributed by atoms with Crippen molar-refractivity contribution in [3.05, 3.63) is 71.0 Å². The molecule has 1 N–H and O–H groups in total. The van der Waals surface area contributed by atoms with E-state index in [4.69, 9.17) is 0 Å². The lowest BCUT2D eigenvalue weighted by atomic mass is 9.77. The Bertz CT molecular complexity index is 620. The van der Waals surface area contributed by atoms with Crippen molar-refractivity contribution in [2.45, 2.75) is 31.8 Å². The van der Waals surface area contributed by atoms with Crippen LogP contribution in [0.5, 0.6) is 0 Å². The second kappa shape index (κ2) is 5.90. The first kappa shape index (κ1) is 15.6. The van der Waals surface area contributed by atoms with E-state index in [2.05, 4.69) is 0 Å². The molecule has 0 fully saturated rings. The van der Waals surface area contributed by atoms with Crippen molar-refractivity contribution in [2.24, 2.45) is 0 Å². The summed E-state index contributed by atoms with van der Waals surface area (Å²) in [6, 6.07) is 9.47. The Labute approximate surface area is 122 Å². The molecule has 1 atom stereocenters. The number of aliphatic hydroxyl groups excluding tert-OH is 1. The van der Waals surface area contributed by atoms with Crippen LogP contribution in [0, 0.1) is 17.5 Å². The third kappa shape index (κ3) is 3.45. The van der Waals surface area contributed by atoms with Gasteiger partial charge in [-0.25, -0.2) is 13.2 Å². The Morgan fingerprint density at radius 3 is 2.14 bits per heavy atom. The fraction of sp³-hybridized carbons (Fsp3) is 0.294. The fourth-order valence-electron chi connectivity index (χ4n) is 2.22. The van der Waals surface area contributed by atoms with Crippen molar-refractivity contribution >= 4 is 0 Å². The van der Waals surface area contributed by atoms with Crippen LogP contribution in [0.1, 0.15) is 25.0 Å². The zero-order valence-corrected chi connectivity index (χ0v) is 11.9. The molecule has 0 aromatic heterocycles. The third-order valence-corrected chi connectivity index (χ3v) is 3.83. The maximum atomic E-state index is 13.2. The summed E-state index contributed by atoms with van der Waals surface area (Å²) in [5.74, 6) is -2.19. The van der Waals surface area contributed by atoms with Crippen LogP contribution >= 0.6 is 0 Å². The SMILES string of the molecule is CC(C)(c1ccc(F)cc1)C(O)Cc1ccc(F)c(F)c1. The average Bonchev–Trinajstić information content (AvgIpc) is 2.43. The lowest BCUT2D eigenvalue weighted by Gasteiger charge is -2.31. The molecule has 0 saturated heterocycles. The van der Waals surface area contributed by atoms with Gasteiger partial charge in [-0.05, 0) is 41.8 Å². The summed E-state index contributed by atoms with van der Waals surface area (Å²) in [4.78, 5) is 0. The van der Waals surface area contributed by atoms with Crippen LogP contribution < -0.4 is 0 Å². The average molecular weight is 294 g/mol. The molecular weight excluding hydrogens is 277 g/mol. The number of hydrogen-bond acceptors (Lipinski definition) is 1. The summed E-state index contributed by atoms with van der Waals surface area (Å²) >= 11 is 0. The fourth-order valence-corrected chi connectivity index (χ4v) is 2.22. The van der Waals surface area contributed by atoms with E-state index in [0.29, 0.717) is 5.56 Å². The van der Waals surface area contributed by atoms with Crippen LogP contribution in [0.2, 0.25) is 0 Å². The Morgan fingerprint density at radius 1 is 0.952 bits per heavy atom. The first-order chi connectivity index (χ1) is 9.80. The minimum absolute atomic E-state index is 0.182. The highest BCUT2D eigenvalue weighted by molar-refractivity contribution is 5.27. The predicted octanol–water partition coefficient (Wildman–Crippen LogP) is 3.99. The van der Waals surface area contributed by atoms with Gasteiger partial charge in [0.25, 0.3) is 0 Å². The molecule has 0 amide bonds. The molecule has 0 saturated carbocycles. The Kier molecular flexibility index (Phi) is 4.37. The van der Waals surface area contributed by atoms with Crippen molar-refractivity contribution in [1.29, 1.82) is 0 Å². The molecule has 0 bridgehead atoms. The summed E-state index contributed by atoms with van der Waals surface area (Å²) in [6.45, 7) is 3.65. The molecule has 112 valence electrons. The molecule has 2 rings (SSSR count). The summed E-state index contributed by atoms with van der Waals surface area (Å²) in [5.41, 5.74) is 0.647. The van der Waals surface area contributed by atoms with Crippen LogP contribution in [0.3, 0.4) is 0 Å². The molecule has 21 heavy (non-hydrogen) atoms. The minimum Gasteiger partial charge on any atom is -0.392 e. The highest BCUT2D eigenvalue weighted by atomic mass is 19.2. The van der Waals surface area contributed by atoms with Crippen LogP contribution in [0.15, 0.2) is 42.5 Å². The molecule has 4 heteroatoms. The molecule has 1 nitrogen and oxygen atoms in total. The van der Waals surface area contributed by atoms with Crippen molar-refractivity contribution in [3.63, 3.8) is 0 Å². The molecular formula is C17H17F3O. The smallest absolute Gasteiger partial charge is 0.159 e. The van der Waals surface area contributed by atoms with E-state index in [9.17, 15) is 18.3 Å². The van der Waals surface area contributed by atoms with Gasteiger partial charge in [-0.2, -0.15) is 0 Å². The van der Waals surface area contributed by atoms with Gasteiger partial charge in [0.2, 0.25) is 0 Å². The van der Waals surface area contributed by atoms with Gasteiger partial charge in [0.1, 0.15) is 5.82 Å². The standard InChI is InChI=1S/C17H17F3O/c1-17(2,12-4-6-13(18)7-5-12)16(21)10-11-3-8-14(19)15(20)9-11/h3-9,16,21H,10H2,1-2H3. The molecule has 0 spiro atoms.